The van der Waals surface area contributed by atoms with Crippen LogP contribution in [0.25, 0.3) is 0 Å². The van der Waals surface area contributed by atoms with Gasteiger partial charge in [0, 0.05) is 31.6 Å². The van der Waals surface area contributed by atoms with E-state index < -0.39 is 18.4 Å². The van der Waals surface area contributed by atoms with Crippen molar-refractivity contribution in [3.8, 4) is 5.88 Å². The van der Waals surface area contributed by atoms with Crippen molar-refractivity contribution in [3.63, 3.8) is 0 Å². The fourth-order valence-corrected chi connectivity index (χ4v) is 5.14. The maximum Gasteiger partial charge on any atom is 0.314 e. The summed E-state index contributed by atoms with van der Waals surface area (Å²) in [6.45, 7) is 12.2. The van der Waals surface area contributed by atoms with Crippen molar-refractivity contribution >= 4 is 35.5 Å². The molecule has 12 nitrogen and oxygen atoms in total. The van der Waals surface area contributed by atoms with Crippen LogP contribution in [-0.4, -0.2) is 88.0 Å². The lowest BCUT2D eigenvalue weighted by atomic mass is 10.0. The van der Waals surface area contributed by atoms with Crippen molar-refractivity contribution < 1.29 is 38.8 Å². The van der Waals surface area contributed by atoms with Crippen LogP contribution in [0.3, 0.4) is 0 Å². The number of carboxylic acids is 2. The number of morpholine rings is 1. The number of unbranched alkanes of at least 4 members (excludes halogenated alkanes) is 12. The fourth-order valence-electron chi connectivity index (χ4n) is 4.62. The van der Waals surface area contributed by atoms with Gasteiger partial charge in [-0.1, -0.05) is 84.0 Å². The summed E-state index contributed by atoms with van der Waals surface area (Å²) in [5, 5.41) is 18.8. The fraction of sp³-hybridized carbons (Fsp3) is 0.844. The molecule has 0 aromatic carbocycles. The first kappa shape index (κ1) is 40.5. The second-order valence-corrected chi connectivity index (χ2v) is 13.0. The normalized spacial score (nSPS) is 13.9. The number of esters is 1. The molecule has 0 bridgehead atoms. The number of aromatic nitrogens is 2. The number of carbonyl (C=O) groups is 3. The molecule has 0 unspecified atom stereocenters. The maximum absolute atomic E-state index is 12.6. The lowest BCUT2D eigenvalue weighted by Gasteiger charge is -2.27. The monoisotopic (exact) mass is 658 g/mol. The molecule has 3 N–H and O–H groups in total. The molecule has 0 aliphatic carbocycles. The number of carbonyl (C=O) groups excluding carboxylic acids is 1. The summed E-state index contributed by atoms with van der Waals surface area (Å²) in [6.07, 6.45) is 16.0. The average molecular weight is 659 g/mol. The van der Waals surface area contributed by atoms with E-state index in [4.69, 9.17) is 24.4 Å². The molecule has 0 radical (unpaired) electrons. The smallest absolute Gasteiger partial charge is 0.314 e. The molecule has 260 valence electrons. The summed E-state index contributed by atoms with van der Waals surface area (Å²) in [5.74, 6) is -1.52. The Balaban J connectivity index is 0.00000129. The van der Waals surface area contributed by atoms with Crippen LogP contribution < -0.4 is 15.0 Å². The number of hydrogen-bond acceptors (Lipinski definition) is 11. The van der Waals surface area contributed by atoms with Gasteiger partial charge in [0.2, 0.25) is 5.82 Å². The standard InChI is InChI=1S/C29H54N4O4S.C3H4O4/c1-5-6-7-8-9-10-11-12-13-14-15-16-17-18-26(34)37-25(23-30-29(2,3)4)24-36-28-27(31-38-32-28)33-19-21-35-22-20-33;4-2(5)1-3(6)7/h25,30H,5-24H2,1-4H3;1H2,(H,4,5)(H,6,7)/t25-;/m0./s1. The van der Waals surface area contributed by atoms with Gasteiger partial charge in [-0.2, -0.15) is 4.37 Å². The zero-order valence-corrected chi connectivity index (χ0v) is 28.8. The van der Waals surface area contributed by atoms with E-state index in [1.165, 1.54) is 70.6 Å². The minimum atomic E-state index is -1.31. The van der Waals surface area contributed by atoms with Crippen LogP contribution in [0.5, 0.6) is 5.88 Å². The van der Waals surface area contributed by atoms with Gasteiger partial charge in [0.05, 0.1) is 24.9 Å². The summed E-state index contributed by atoms with van der Waals surface area (Å²) in [7, 11) is 0. The number of anilines is 1. The minimum Gasteiger partial charge on any atom is -0.481 e. The number of rotatable bonds is 23. The van der Waals surface area contributed by atoms with Crippen LogP contribution in [0.15, 0.2) is 0 Å². The van der Waals surface area contributed by atoms with Gasteiger partial charge < -0.3 is 34.6 Å². The Morgan fingerprint density at radius 3 is 1.91 bits per heavy atom. The largest absolute Gasteiger partial charge is 0.481 e. The molecule has 1 aromatic heterocycles. The lowest BCUT2D eigenvalue weighted by Crippen LogP contribution is -2.44. The highest BCUT2D eigenvalue weighted by Gasteiger charge is 2.23. The van der Waals surface area contributed by atoms with Gasteiger partial charge in [-0.05, 0) is 27.2 Å². The Labute approximate surface area is 273 Å². The van der Waals surface area contributed by atoms with Gasteiger partial charge in [0.15, 0.2) is 0 Å². The van der Waals surface area contributed by atoms with Crippen LogP contribution >= 0.6 is 11.7 Å². The van der Waals surface area contributed by atoms with Crippen molar-refractivity contribution in [2.45, 2.75) is 136 Å². The van der Waals surface area contributed by atoms with Crippen LogP contribution in [0.2, 0.25) is 0 Å². The topological polar surface area (TPSA) is 160 Å². The highest BCUT2D eigenvalue weighted by atomic mass is 32.1. The zero-order valence-electron chi connectivity index (χ0n) is 28.0. The predicted octanol–water partition coefficient (Wildman–Crippen LogP) is 6.08. The first-order chi connectivity index (χ1) is 21.5. The van der Waals surface area contributed by atoms with Gasteiger partial charge in [-0.15, -0.1) is 4.37 Å². The van der Waals surface area contributed by atoms with E-state index in [-0.39, 0.29) is 24.2 Å². The van der Waals surface area contributed by atoms with Gasteiger partial charge in [0.1, 0.15) is 19.1 Å². The van der Waals surface area contributed by atoms with Gasteiger partial charge in [-0.25, -0.2) is 0 Å². The summed E-state index contributed by atoms with van der Waals surface area (Å²) in [6, 6.07) is 0. The summed E-state index contributed by atoms with van der Waals surface area (Å²) in [4.78, 5) is 33.6. The summed E-state index contributed by atoms with van der Waals surface area (Å²) >= 11 is 1.14. The Morgan fingerprint density at radius 1 is 0.889 bits per heavy atom. The van der Waals surface area contributed by atoms with E-state index in [9.17, 15) is 14.4 Å². The Morgan fingerprint density at radius 2 is 1.42 bits per heavy atom. The first-order valence-corrected chi connectivity index (χ1v) is 17.4. The van der Waals surface area contributed by atoms with Gasteiger partial charge >= 0.3 is 17.9 Å². The Hall–Kier alpha value is -2.51. The van der Waals surface area contributed by atoms with Crippen molar-refractivity contribution in [2.24, 2.45) is 0 Å². The van der Waals surface area contributed by atoms with Crippen molar-refractivity contribution in [1.29, 1.82) is 0 Å². The van der Waals surface area contributed by atoms with E-state index in [1.54, 1.807) is 0 Å². The molecule has 2 heterocycles. The molecule has 45 heavy (non-hydrogen) atoms. The third-order valence-electron chi connectivity index (χ3n) is 7.10. The predicted molar refractivity (Wildman–Crippen MR) is 176 cm³/mol. The molecular formula is C32H58N4O8S. The molecule has 1 aliphatic rings. The number of carboxylic acid groups (broad SMARTS) is 2. The molecule has 0 saturated carbocycles. The van der Waals surface area contributed by atoms with E-state index in [2.05, 4.69) is 46.7 Å². The highest BCUT2D eigenvalue weighted by molar-refractivity contribution is 6.99. The molecule has 13 heteroatoms. The molecule has 1 fully saturated rings. The molecule has 1 aliphatic heterocycles. The molecule has 1 aromatic rings. The van der Waals surface area contributed by atoms with E-state index in [1.807, 2.05) is 0 Å². The first-order valence-electron chi connectivity index (χ1n) is 16.7. The second-order valence-electron chi connectivity index (χ2n) is 12.5. The van der Waals surface area contributed by atoms with Crippen LogP contribution in [-0.2, 0) is 23.9 Å². The maximum atomic E-state index is 12.6. The quantitative estimate of drug-likeness (QED) is 0.0707. The Kier molecular flexibility index (Phi) is 22.2. The van der Waals surface area contributed by atoms with E-state index >= 15 is 0 Å². The zero-order chi connectivity index (χ0) is 33.3. The summed E-state index contributed by atoms with van der Waals surface area (Å²) in [5.41, 5.74) is -0.0825. The van der Waals surface area contributed by atoms with Gasteiger partial charge in [0.25, 0.3) is 5.88 Å². The number of hydrogen-bond donors (Lipinski definition) is 3. The molecule has 0 amide bonds. The number of ether oxygens (including phenoxy) is 3. The highest BCUT2D eigenvalue weighted by Crippen LogP contribution is 2.26. The van der Waals surface area contributed by atoms with Crippen molar-refractivity contribution in [1.82, 2.24) is 14.1 Å². The molecule has 2 rings (SSSR count). The Bertz CT molecular complexity index is 923. The van der Waals surface area contributed by atoms with Crippen LogP contribution in [0.1, 0.15) is 124 Å². The third-order valence-corrected chi connectivity index (χ3v) is 7.61. The van der Waals surface area contributed by atoms with E-state index in [0.717, 1.165) is 43.5 Å². The van der Waals surface area contributed by atoms with Crippen LogP contribution in [0.4, 0.5) is 5.82 Å². The van der Waals surface area contributed by atoms with Crippen LogP contribution in [0, 0.1) is 0 Å². The second kappa shape index (κ2) is 24.7. The molecular weight excluding hydrogens is 600 g/mol. The third kappa shape index (κ3) is 22.6. The molecule has 1 saturated heterocycles. The minimum absolute atomic E-state index is 0.0825. The van der Waals surface area contributed by atoms with E-state index in [0.29, 0.717) is 32.1 Å². The lowest BCUT2D eigenvalue weighted by molar-refractivity contribution is -0.151. The SMILES string of the molecule is CCCCCCCCCCCCCCCC(=O)O[C@@H](CNC(C)(C)C)COc1nsnc1N1CCOCC1.O=C(O)CC(=O)O. The number of aliphatic carboxylic acids is 2. The van der Waals surface area contributed by atoms with Crippen molar-refractivity contribution in [3.05, 3.63) is 0 Å². The summed E-state index contributed by atoms with van der Waals surface area (Å²) < 4.78 is 26.0. The van der Waals surface area contributed by atoms with Gasteiger partial charge in [-0.3, -0.25) is 14.4 Å². The van der Waals surface area contributed by atoms with Crippen molar-refractivity contribution in [2.75, 3.05) is 44.4 Å². The molecule has 1 atom stereocenters. The number of nitrogens with zero attached hydrogens (tertiary/aromatic N) is 3. The average Bonchev–Trinajstić information content (AvgIpc) is 3.45. The molecule has 0 spiro atoms. The number of nitrogens with one attached hydrogen (secondary N) is 1.